The summed E-state index contributed by atoms with van der Waals surface area (Å²) in [6.07, 6.45) is 0. The summed E-state index contributed by atoms with van der Waals surface area (Å²) < 4.78 is 18.9. The van der Waals surface area contributed by atoms with Crippen molar-refractivity contribution in [3.8, 4) is 28.6 Å². The SMILES string of the molecule is COc1ccccc1NC(=O)C1=C(C)Nc2nc(-c3ccc([N+](=O)[O-])cc3)nn2C1c1ccc(OCc2ccccc2)c(OC)c1. The zero-order valence-corrected chi connectivity index (χ0v) is 25.3. The molecule has 6 rings (SSSR count). The smallest absolute Gasteiger partial charge is 0.269 e. The quantitative estimate of drug-likeness (QED) is 0.135. The fourth-order valence-corrected chi connectivity index (χ4v) is 5.25. The van der Waals surface area contributed by atoms with Crippen LogP contribution in [0.5, 0.6) is 17.2 Å². The fraction of sp³-hybridized carbons (Fsp3) is 0.147. The van der Waals surface area contributed by atoms with Crippen molar-refractivity contribution in [2.45, 2.75) is 19.6 Å². The first-order valence-electron chi connectivity index (χ1n) is 14.3. The van der Waals surface area contributed by atoms with Crippen LogP contribution in [0.15, 0.2) is 108 Å². The van der Waals surface area contributed by atoms with Gasteiger partial charge in [0.15, 0.2) is 17.3 Å². The van der Waals surface area contributed by atoms with Crippen LogP contribution >= 0.6 is 0 Å². The first-order valence-corrected chi connectivity index (χ1v) is 14.3. The molecule has 1 aromatic heterocycles. The number of nitro groups is 1. The normalized spacial score (nSPS) is 13.8. The number of amides is 1. The molecule has 0 saturated carbocycles. The first-order chi connectivity index (χ1) is 22.4. The molecule has 2 heterocycles. The van der Waals surface area contributed by atoms with Crippen molar-refractivity contribution in [2.24, 2.45) is 0 Å². The second-order valence-corrected chi connectivity index (χ2v) is 10.4. The van der Waals surface area contributed by atoms with Gasteiger partial charge in [-0.05, 0) is 54.4 Å². The lowest BCUT2D eigenvalue weighted by Crippen LogP contribution is -2.31. The number of hydrogen-bond donors (Lipinski definition) is 2. The van der Waals surface area contributed by atoms with E-state index in [4.69, 9.17) is 19.3 Å². The average Bonchev–Trinajstić information content (AvgIpc) is 3.51. The van der Waals surface area contributed by atoms with E-state index in [2.05, 4.69) is 15.6 Å². The van der Waals surface area contributed by atoms with Crippen LogP contribution in [0, 0.1) is 10.1 Å². The molecule has 2 N–H and O–H groups in total. The summed E-state index contributed by atoms with van der Waals surface area (Å²) in [5.74, 6) is 1.88. The zero-order chi connectivity index (χ0) is 32.2. The molecule has 0 saturated heterocycles. The summed E-state index contributed by atoms with van der Waals surface area (Å²) in [6.45, 7) is 2.14. The van der Waals surface area contributed by atoms with Crippen LogP contribution in [0.25, 0.3) is 11.4 Å². The number of fused-ring (bicyclic) bond motifs is 1. The van der Waals surface area contributed by atoms with E-state index in [0.29, 0.717) is 63.7 Å². The monoisotopic (exact) mass is 618 g/mol. The number of benzene rings is 4. The van der Waals surface area contributed by atoms with Gasteiger partial charge >= 0.3 is 0 Å². The second kappa shape index (κ2) is 12.8. The van der Waals surface area contributed by atoms with Gasteiger partial charge in [-0.1, -0.05) is 48.5 Å². The maximum Gasteiger partial charge on any atom is 0.269 e. The van der Waals surface area contributed by atoms with Gasteiger partial charge in [-0.15, -0.1) is 5.10 Å². The van der Waals surface area contributed by atoms with E-state index in [-0.39, 0.29) is 11.6 Å². The van der Waals surface area contributed by atoms with E-state index in [1.54, 1.807) is 55.1 Å². The summed E-state index contributed by atoms with van der Waals surface area (Å²) in [4.78, 5) is 29.5. The van der Waals surface area contributed by atoms with E-state index in [1.807, 2.05) is 48.5 Å². The third kappa shape index (κ3) is 5.95. The number of rotatable bonds is 10. The molecule has 0 aliphatic carbocycles. The van der Waals surface area contributed by atoms with Crippen molar-refractivity contribution >= 4 is 23.2 Å². The molecule has 232 valence electrons. The molecule has 0 radical (unpaired) electrons. The van der Waals surface area contributed by atoms with Gasteiger partial charge in [0.1, 0.15) is 18.4 Å². The van der Waals surface area contributed by atoms with Gasteiger partial charge in [0, 0.05) is 23.4 Å². The lowest BCUT2D eigenvalue weighted by atomic mass is 9.94. The van der Waals surface area contributed by atoms with Crippen LogP contribution in [0.1, 0.15) is 24.1 Å². The van der Waals surface area contributed by atoms with Crippen LogP contribution in [0.4, 0.5) is 17.3 Å². The van der Waals surface area contributed by atoms with E-state index in [0.717, 1.165) is 5.56 Å². The Morgan fingerprint density at radius 2 is 1.65 bits per heavy atom. The Bertz CT molecular complexity index is 1940. The van der Waals surface area contributed by atoms with Gasteiger partial charge < -0.3 is 24.8 Å². The number of ether oxygens (including phenoxy) is 3. The van der Waals surface area contributed by atoms with Gasteiger partial charge in [0.2, 0.25) is 5.95 Å². The number of carbonyl (C=O) groups is 1. The van der Waals surface area contributed by atoms with Crippen molar-refractivity contribution in [2.75, 3.05) is 24.9 Å². The standard InChI is InChI=1S/C34H30N6O6/c1-21-30(33(41)36-26-11-7-8-12-27(26)44-2)31(24-15-18-28(29(19-24)45-3)46-20-22-9-5-4-6-10-22)39-34(35-21)37-32(38-39)23-13-16-25(17-14-23)40(42)43/h4-19,31H,20H2,1-3H3,(H,36,41)(H,35,37,38). The molecule has 0 spiro atoms. The number of methoxy groups -OCH3 is 2. The van der Waals surface area contributed by atoms with Gasteiger partial charge in [-0.3, -0.25) is 14.9 Å². The van der Waals surface area contributed by atoms with Crippen molar-refractivity contribution in [1.82, 2.24) is 14.8 Å². The third-order valence-corrected chi connectivity index (χ3v) is 7.53. The summed E-state index contributed by atoms with van der Waals surface area (Å²) >= 11 is 0. The molecule has 1 aliphatic rings. The Labute approximate surface area is 264 Å². The fourth-order valence-electron chi connectivity index (χ4n) is 5.25. The second-order valence-electron chi connectivity index (χ2n) is 10.4. The maximum atomic E-state index is 14.1. The van der Waals surface area contributed by atoms with Crippen LogP contribution in [0.2, 0.25) is 0 Å². The van der Waals surface area contributed by atoms with E-state index >= 15 is 0 Å². The van der Waals surface area contributed by atoms with Crippen molar-refractivity contribution in [1.29, 1.82) is 0 Å². The summed E-state index contributed by atoms with van der Waals surface area (Å²) in [5, 5.41) is 22.2. The number of non-ortho nitro benzene ring substituents is 1. The Morgan fingerprint density at radius 3 is 2.37 bits per heavy atom. The topological polar surface area (TPSA) is 143 Å². The number of aromatic nitrogens is 3. The van der Waals surface area contributed by atoms with Gasteiger partial charge in [0.25, 0.3) is 11.6 Å². The number of carbonyl (C=O) groups excluding carboxylic acids is 1. The van der Waals surface area contributed by atoms with Gasteiger partial charge in [-0.25, -0.2) is 4.68 Å². The highest BCUT2D eigenvalue weighted by Crippen LogP contribution is 2.40. The molecular formula is C34H30N6O6. The molecule has 1 aliphatic heterocycles. The highest BCUT2D eigenvalue weighted by atomic mass is 16.6. The summed E-state index contributed by atoms with van der Waals surface area (Å²) in [5.41, 5.74) is 3.69. The number of para-hydroxylation sites is 2. The first kappa shape index (κ1) is 29.9. The molecule has 4 aromatic carbocycles. The number of anilines is 2. The Morgan fingerprint density at radius 1 is 0.935 bits per heavy atom. The van der Waals surface area contributed by atoms with Gasteiger partial charge in [-0.2, -0.15) is 4.98 Å². The molecule has 0 fully saturated rings. The van der Waals surface area contributed by atoms with Crippen molar-refractivity contribution < 1.29 is 23.9 Å². The molecule has 46 heavy (non-hydrogen) atoms. The molecule has 1 atom stereocenters. The van der Waals surface area contributed by atoms with Crippen LogP contribution in [-0.4, -0.2) is 39.8 Å². The van der Waals surface area contributed by atoms with E-state index < -0.39 is 11.0 Å². The maximum absolute atomic E-state index is 14.1. The molecule has 0 bridgehead atoms. The lowest BCUT2D eigenvalue weighted by Gasteiger charge is -2.29. The summed E-state index contributed by atoms with van der Waals surface area (Å²) in [6, 6.07) is 27.7. The molecular weight excluding hydrogens is 588 g/mol. The molecule has 1 amide bonds. The highest BCUT2D eigenvalue weighted by Gasteiger charge is 2.35. The molecule has 12 nitrogen and oxygen atoms in total. The summed E-state index contributed by atoms with van der Waals surface area (Å²) in [7, 11) is 3.09. The van der Waals surface area contributed by atoms with Gasteiger partial charge in [0.05, 0.1) is 30.4 Å². The predicted molar refractivity (Wildman–Crippen MR) is 172 cm³/mol. The van der Waals surface area contributed by atoms with Crippen molar-refractivity contribution in [3.63, 3.8) is 0 Å². The minimum absolute atomic E-state index is 0.0433. The van der Waals surface area contributed by atoms with E-state index in [9.17, 15) is 14.9 Å². The van der Waals surface area contributed by atoms with Crippen LogP contribution < -0.4 is 24.8 Å². The number of hydrogen-bond acceptors (Lipinski definition) is 9. The lowest BCUT2D eigenvalue weighted by molar-refractivity contribution is -0.384. The van der Waals surface area contributed by atoms with Crippen molar-refractivity contribution in [3.05, 3.63) is 130 Å². The van der Waals surface area contributed by atoms with Crippen LogP contribution in [0.3, 0.4) is 0 Å². The Kier molecular flexibility index (Phi) is 8.33. The Hall–Kier alpha value is -6.17. The predicted octanol–water partition coefficient (Wildman–Crippen LogP) is 6.38. The largest absolute Gasteiger partial charge is 0.495 e. The van der Waals surface area contributed by atoms with Crippen LogP contribution in [-0.2, 0) is 11.4 Å². The Balaban J connectivity index is 1.41. The molecule has 5 aromatic rings. The number of nitrogens with zero attached hydrogens (tertiary/aromatic N) is 4. The highest BCUT2D eigenvalue weighted by molar-refractivity contribution is 6.06. The number of nitrogens with one attached hydrogen (secondary N) is 2. The molecule has 1 unspecified atom stereocenters. The third-order valence-electron chi connectivity index (χ3n) is 7.53. The number of allylic oxidation sites excluding steroid dienone is 1. The minimum Gasteiger partial charge on any atom is -0.495 e. The molecule has 12 heteroatoms. The average molecular weight is 619 g/mol. The van der Waals surface area contributed by atoms with E-state index in [1.165, 1.54) is 19.2 Å². The zero-order valence-electron chi connectivity index (χ0n) is 25.3. The number of nitro benzene ring substituents is 1. The minimum atomic E-state index is -0.734.